The van der Waals surface area contributed by atoms with Gasteiger partial charge in [-0.3, -0.25) is 9.59 Å². The van der Waals surface area contributed by atoms with Crippen molar-refractivity contribution in [2.24, 2.45) is 0 Å². The molecule has 132 valence electrons. The monoisotopic (exact) mass is 340 g/mol. The van der Waals surface area contributed by atoms with Gasteiger partial charge in [0.05, 0.1) is 6.33 Å². The summed E-state index contributed by atoms with van der Waals surface area (Å²) in [5, 5.41) is 2.90. The number of anilines is 1. The number of hydrogen-bond acceptors (Lipinski definition) is 3. The number of hydrogen-bond donors (Lipinski definition) is 1. The van der Waals surface area contributed by atoms with E-state index in [1.165, 1.54) is 0 Å². The lowest BCUT2D eigenvalue weighted by molar-refractivity contribution is -0.128. The Morgan fingerprint density at radius 2 is 2.12 bits per heavy atom. The molecule has 2 heterocycles. The molecule has 6 nitrogen and oxygen atoms in total. The van der Waals surface area contributed by atoms with Crippen molar-refractivity contribution in [3.05, 3.63) is 48.5 Å². The molecule has 0 spiro atoms. The summed E-state index contributed by atoms with van der Waals surface area (Å²) in [7, 11) is 0. The fraction of sp³-hybridized carbons (Fsp3) is 0.421. The predicted octanol–water partition coefficient (Wildman–Crippen LogP) is 2.28. The van der Waals surface area contributed by atoms with Crippen LogP contribution in [0.1, 0.15) is 31.2 Å². The molecule has 6 heteroatoms. The van der Waals surface area contributed by atoms with Gasteiger partial charge in [-0.25, -0.2) is 4.98 Å². The second kappa shape index (κ2) is 7.96. The highest BCUT2D eigenvalue weighted by molar-refractivity contribution is 5.99. The van der Waals surface area contributed by atoms with Crippen molar-refractivity contribution in [2.45, 2.75) is 45.2 Å². The molecule has 3 rings (SSSR count). The molecule has 1 aliphatic rings. The smallest absolute Gasteiger partial charge is 0.249 e. The van der Waals surface area contributed by atoms with Gasteiger partial charge in [-0.15, -0.1) is 0 Å². The number of rotatable bonds is 6. The number of carbonyl (C=O) groups is 2. The first-order valence-corrected chi connectivity index (χ1v) is 8.76. The first-order valence-electron chi connectivity index (χ1n) is 8.76. The fourth-order valence-electron chi connectivity index (χ4n) is 3.10. The number of benzene rings is 1. The zero-order chi connectivity index (χ0) is 17.6. The average Bonchev–Trinajstić information content (AvgIpc) is 3.11. The SMILES string of the molecule is Cc1ccc(N2CCCC(NC(=O)CCCn3ccnc3)C2=O)cc1. The molecule has 0 saturated carbocycles. The van der Waals surface area contributed by atoms with Crippen LogP contribution in [-0.2, 0) is 16.1 Å². The maximum atomic E-state index is 12.7. The van der Waals surface area contributed by atoms with Gasteiger partial charge in [0.2, 0.25) is 11.8 Å². The summed E-state index contributed by atoms with van der Waals surface area (Å²) in [5.74, 6) is -0.0812. The van der Waals surface area contributed by atoms with Crippen LogP contribution in [0.2, 0.25) is 0 Å². The highest BCUT2D eigenvalue weighted by atomic mass is 16.2. The molecule has 1 saturated heterocycles. The second-order valence-electron chi connectivity index (χ2n) is 6.49. The molecule has 1 aliphatic heterocycles. The third kappa shape index (κ3) is 4.47. The number of nitrogens with one attached hydrogen (secondary N) is 1. The first-order chi connectivity index (χ1) is 12.1. The molecule has 0 aliphatic carbocycles. The second-order valence-corrected chi connectivity index (χ2v) is 6.49. The van der Waals surface area contributed by atoms with Gasteiger partial charge in [-0.1, -0.05) is 17.7 Å². The Kier molecular flexibility index (Phi) is 5.48. The lowest BCUT2D eigenvalue weighted by Gasteiger charge is -2.32. The van der Waals surface area contributed by atoms with Crippen molar-refractivity contribution >= 4 is 17.5 Å². The number of carbonyl (C=O) groups excluding carboxylic acids is 2. The molecule has 2 aromatic rings. The van der Waals surface area contributed by atoms with E-state index in [1.807, 2.05) is 42.0 Å². The molecule has 0 radical (unpaired) electrons. The quantitative estimate of drug-likeness (QED) is 0.877. The van der Waals surface area contributed by atoms with Crippen molar-refractivity contribution in [2.75, 3.05) is 11.4 Å². The summed E-state index contributed by atoms with van der Waals surface area (Å²) in [4.78, 5) is 30.6. The molecule has 0 bridgehead atoms. The lowest BCUT2D eigenvalue weighted by Crippen LogP contribution is -2.52. The van der Waals surface area contributed by atoms with Crippen molar-refractivity contribution in [1.29, 1.82) is 0 Å². The third-order valence-electron chi connectivity index (χ3n) is 4.50. The Hall–Kier alpha value is -2.63. The lowest BCUT2D eigenvalue weighted by atomic mass is 10.0. The standard InChI is InChI=1S/C19H24N4O2/c1-15-6-8-16(9-7-15)23-12-2-4-17(19(23)25)21-18(24)5-3-11-22-13-10-20-14-22/h6-10,13-14,17H,2-5,11-12H2,1H3,(H,21,24). The molecule has 2 amide bonds. The fourth-order valence-corrected chi connectivity index (χ4v) is 3.10. The summed E-state index contributed by atoms with van der Waals surface area (Å²) in [6.45, 7) is 3.48. The van der Waals surface area contributed by atoms with Crippen LogP contribution in [0.5, 0.6) is 0 Å². The molecule has 1 fully saturated rings. The van der Waals surface area contributed by atoms with Gasteiger partial charge in [0, 0.05) is 37.6 Å². The summed E-state index contributed by atoms with van der Waals surface area (Å²) in [6, 6.07) is 7.50. The maximum absolute atomic E-state index is 12.7. The maximum Gasteiger partial charge on any atom is 0.249 e. The zero-order valence-corrected chi connectivity index (χ0v) is 14.5. The highest BCUT2D eigenvalue weighted by Crippen LogP contribution is 2.21. The van der Waals surface area contributed by atoms with E-state index in [0.717, 1.165) is 30.6 Å². The van der Waals surface area contributed by atoms with Crippen LogP contribution in [0.15, 0.2) is 43.0 Å². The van der Waals surface area contributed by atoms with E-state index in [0.29, 0.717) is 19.4 Å². The van der Waals surface area contributed by atoms with Gasteiger partial charge in [0.25, 0.3) is 0 Å². The summed E-state index contributed by atoms with van der Waals surface area (Å²) >= 11 is 0. The van der Waals surface area contributed by atoms with Crippen LogP contribution in [0.3, 0.4) is 0 Å². The topological polar surface area (TPSA) is 67.2 Å². The van der Waals surface area contributed by atoms with Crippen molar-refractivity contribution in [1.82, 2.24) is 14.9 Å². The molecular weight excluding hydrogens is 316 g/mol. The first kappa shape index (κ1) is 17.2. The third-order valence-corrected chi connectivity index (χ3v) is 4.50. The minimum atomic E-state index is -0.421. The van der Waals surface area contributed by atoms with E-state index in [-0.39, 0.29) is 11.8 Å². The minimum Gasteiger partial charge on any atom is -0.344 e. The number of imidazole rings is 1. The van der Waals surface area contributed by atoms with Crippen LogP contribution in [0, 0.1) is 6.92 Å². The van der Waals surface area contributed by atoms with Crippen LogP contribution < -0.4 is 10.2 Å². The summed E-state index contributed by atoms with van der Waals surface area (Å²) in [5.41, 5.74) is 2.06. The Morgan fingerprint density at radius 1 is 1.32 bits per heavy atom. The van der Waals surface area contributed by atoms with E-state index < -0.39 is 6.04 Å². The van der Waals surface area contributed by atoms with Gasteiger partial charge >= 0.3 is 0 Å². The Morgan fingerprint density at radius 3 is 2.84 bits per heavy atom. The normalized spacial score (nSPS) is 17.6. The van der Waals surface area contributed by atoms with Gasteiger partial charge < -0.3 is 14.8 Å². The van der Waals surface area contributed by atoms with Gasteiger partial charge in [-0.05, 0) is 38.3 Å². The van der Waals surface area contributed by atoms with Gasteiger partial charge in [0.1, 0.15) is 6.04 Å². The number of nitrogens with zero attached hydrogens (tertiary/aromatic N) is 3. The number of aryl methyl sites for hydroxylation is 2. The zero-order valence-electron chi connectivity index (χ0n) is 14.5. The van der Waals surface area contributed by atoms with Crippen molar-refractivity contribution in [3.63, 3.8) is 0 Å². The van der Waals surface area contributed by atoms with E-state index in [1.54, 1.807) is 17.4 Å². The van der Waals surface area contributed by atoms with Gasteiger partial charge in [-0.2, -0.15) is 0 Å². The van der Waals surface area contributed by atoms with Crippen LogP contribution >= 0.6 is 0 Å². The molecule has 1 unspecified atom stereocenters. The molecule has 1 N–H and O–H groups in total. The molecule has 25 heavy (non-hydrogen) atoms. The Labute approximate surface area is 147 Å². The highest BCUT2D eigenvalue weighted by Gasteiger charge is 2.30. The minimum absolute atomic E-state index is 0.0157. The van der Waals surface area contributed by atoms with Gasteiger partial charge in [0.15, 0.2) is 0 Å². The number of aromatic nitrogens is 2. The summed E-state index contributed by atoms with van der Waals surface area (Å²) < 4.78 is 1.94. The van der Waals surface area contributed by atoms with Crippen LogP contribution in [-0.4, -0.2) is 34.0 Å². The van der Waals surface area contributed by atoms with Crippen LogP contribution in [0.25, 0.3) is 0 Å². The largest absolute Gasteiger partial charge is 0.344 e. The number of piperidine rings is 1. The predicted molar refractivity (Wildman–Crippen MR) is 96.2 cm³/mol. The summed E-state index contributed by atoms with van der Waals surface area (Å²) in [6.07, 6.45) is 8.07. The number of amides is 2. The van der Waals surface area contributed by atoms with Crippen molar-refractivity contribution in [3.8, 4) is 0 Å². The van der Waals surface area contributed by atoms with E-state index >= 15 is 0 Å². The van der Waals surface area contributed by atoms with Crippen molar-refractivity contribution < 1.29 is 9.59 Å². The van der Waals surface area contributed by atoms with Crippen LogP contribution in [0.4, 0.5) is 5.69 Å². The Bertz CT molecular complexity index is 710. The molecule has 1 aromatic carbocycles. The van der Waals surface area contributed by atoms with E-state index in [9.17, 15) is 9.59 Å². The van der Waals surface area contributed by atoms with E-state index in [2.05, 4.69) is 10.3 Å². The molecule has 1 atom stereocenters. The average molecular weight is 340 g/mol. The molecular formula is C19H24N4O2. The molecule has 1 aromatic heterocycles. The Balaban J connectivity index is 1.52. The van der Waals surface area contributed by atoms with E-state index in [4.69, 9.17) is 0 Å².